The number of hydrogen-bond donors (Lipinski definition) is 0. The molecule has 1 aromatic carbocycles. The average Bonchev–Trinajstić information content (AvgIpc) is 2.89. The first-order valence-electron chi connectivity index (χ1n) is 6.06. The van der Waals surface area contributed by atoms with Gasteiger partial charge < -0.3 is 9.64 Å². The van der Waals surface area contributed by atoms with Gasteiger partial charge in [-0.15, -0.1) is 0 Å². The lowest BCUT2D eigenvalue weighted by atomic mass is 10.2. The molecule has 0 N–H and O–H groups in total. The Balaban J connectivity index is 2.01. The Labute approximate surface area is 132 Å². The smallest absolute Gasteiger partial charge is 0.205 e. The fourth-order valence-electron chi connectivity index (χ4n) is 1.67. The van der Waals surface area contributed by atoms with Crippen LogP contribution in [0.25, 0.3) is 0 Å². The zero-order valence-electron chi connectivity index (χ0n) is 11.3. The Morgan fingerprint density at radius 1 is 1.30 bits per heavy atom. The Hall–Kier alpha value is -0.880. The van der Waals surface area contributed by atoms with Crippen molar-refractivity contribution in [3.8, 4) is 0 Å². The van der Waals surface area contributed by atoms with E-state index in [0.29, 0.717) is 23.2 Å². The molecule has 7 heteroatoms. The predicted molar refractivity (Wildman–Crippen MR) is 84.1 cm³/mol. The quantitative estimate of drug-likeness (QED) is 0.809. The van der Waals surface area contributed by atoms with Crippen LogP contribution in [0, 0.1) is 0 Å². The molecule has 0 saturated heterocycles. The van der Waals surface area contributed by atoms with Crippen molar-refractivity contribution in [1.29, 1.82) is 0 Å². The lowest BCUT2D eigenvalue weighted by Crippen LogP contribution is -2.16. The summed E-state index contributed by atoms with van der Waals surface area (Å²) < 4.78 is 9.33. The Morgan fingerprint density at radius 3 is 2.80 bits per heavy atom. The molecule has 0 atom stereocenters. The van der Waals surface area contributed by atoms with Crippen molar-refractivity contribution >= 4 is 39.9 Å². The summed E-state index contributed by atoms with van der Waals surface area (Å²) in [5, 5.41) is 2.01. The number of aromatic nitrogens is 2. The molecule has 0 radical (unpaired) electrons. The Bertz CT molecular complexity index is 576. The molecule has 0 amide bonds. The number of rotatable bonds is 6. The first-order chi connectivity index (χ1) is 9.60. The van der Waals surface area contributed by atoms with Crippen LogP contribution in [-0.2, 0) is 17.7 Å². The summed E-state index contributed by atoms with van der Waals surface area (Å²) in [6, 6.07) is 5.63. The van der Waals surface area contributed by atoms with E-state index in [2.05, 4.69) is 9.36 Å². The summed E-state index contributed by atoms with van der Waals surface area (Å²) in [7, 11) is 3.65. The zero-order chi connectivity index (χ0) is 14.5. The van der Waals surface area contributed by atoms with Crippen LogP contribution in [0.1, 0.15) is 11.4 Å². The van der Waals surface area contributed by atoms with E-state index in [-0.39, 0.29) is 0 Å². The number of methoxy groups -OCH3 is 1. The maximum atomic E-state index is 6.01. The number of benzene rings is 1. The summed E-state index contributed by atoms with van der Waals surface area (Å²) in [6.07, 6.45) is 0.730. The van der Waals surface area contributed by atoms with Gasteiger partial charge in [-0.2, -0.15) is 4.37 Å². The molecular formula is C13H15Cl2N3OS. The highest BCUT2D eigenvalue weighted by Gasteiger charge is 2.10. The molecule has 0 bridgehead atoms. The lowest BCUT2D eigenvalue weighted by Gasteiger charge is -2.15. The maximum absolute atomic E-state index is 6.01. The van der Waals surface area contributed by atoms with Gasteiger partial charge in [0.25, 0.3) is 0 Å². The first-order valence-corrected chi connectivity index (χ1v) is 7.59. The number of anilines is 1. The van der Waals surface area contributed by atoms with Crippen LogP contribution >= 0.6 is 34.7 Å². The maximum Gasteiger partial charge on any atom is 0.205 e. The summed E-state index contributed by atoms with van der Waals surface area (Å²) in [4.78, 5) is 6.51. The van der Waals surface area contributed by atoms with Crippen LogP contribution in [-0.4, -0.2) is 30.1 Å². The van der Waals surface area contributed by atoms with Crippen molar-refractivity contribution in [2.75, 3.05) is 25.7 Å². The van der Waals surface area contributed by atoms with Crippen LogP contribution in [0.3, 0.4) is 0 Å². The molecule has 0 aliphatic carbocycles. The third kappa shape index (κ3) is 4.06. The summed E-state index contributed by atoms with van der Waals surface area (Å²) in [6.45, 7) is 1.34. The standard InChI is InChI=1S/C13H15Cl2N3OS/c1-18(8-9-3-4-10(14)11(15)7-9)13-16-12(17-20-13)5-6-19-2/h3-4,7H,5-6,8H2,1-2H3. The average molecular weight is 332 g/mol. The third-order valence-electron chi connectivity index (χ3n) is 2.72. The van der Waals surface area contributed by atoms with Gasteiger partial charge in [-0.3, -0.25) is 0 Å². The second-order valence-corrected chi connectivity index (χ2v) is 5.89. The van der Waals surface area contributed by atoms with Gasteiger partial charge in [0.05, 0.1) is 16.7 Å². The van der Waals surface area contributed by atoms with Crippen molar-refractivity contribution in [2.45, 2.75) is 13.0 Å². The normalized spacial score (nSPS) is 10.8. The van der Waals surface area contributed by atoms with Crippen LogP contribution in [0.5, 0.6) is 0 Å². The van der Waals surface area contributed by atoms with E-state index < -0.39 is 0 Å². The van der Waals surface area contributed by atoms with Gasteiger partial charge in [0.15, 0.2) is 0 Å². The number of hydrogen-bond acceptors (Lipinski definition) is 5. The van der Waals surface area contributed by atoms with E-state index in [1.54, 1.807) is 13.2 Å². The minimum absolute atomic E-state index is 0.565. The molecule has 108 valence electrons. The van der Waals surface area contributed by atoms with Crippen LogP contribution in [0.15, 0.2) is 18.2 Å². The number of nitrogens with zero attached hydrogens (tertiary/aromatic N) is 3. The molecule has 1 heterocycles. The van der Waals surface area contributed by atoms with E-state index in [4.69, 9.17) is 27.9 Å². The van der Waals surface area contributed by atoms with Crippen molar-refractivity contribution < 1.29 is 4.74 Å². The summed E-state index contributed by atoms with van der Waals surface area (Å²) in [5.41, 5.74) is 1.08. The fourth-order valence-corrected chi connectivity index (χ4v) is 2.66. The monoisotopic (exact) mass is 331 g/mol. The third-order valence-corrected chi connectivity index (χ3v) is 4.32. The highest BCUT2D eigenvalue weighted by molar-refractivity contribution is 7.09. The molecule has 0 unspecified atom stereocenters. The molecule has 0 aliphatic rings. The second-order valence-electron chi connectivity index (χ2n) is 4.34. The van der Waals surface area contributed by atoms with Gasteiger partial charge in [0.1, 0.15) is 5.82 Å². The molecule has 2 aromatic rings. The minimum atomic E-state index is 0.565. The lowest BCUT2D eigenvalue weighted by molar-refractivity contribution is 0.201. The SMILES string of the molecule is COCCc1nsc(N(C)Cc2ccc(Cl)c(Cl)c2)n1. The van der Waals surface area contributed by atoms with Gasteiger partial charge >= 0.3 is 0 Å². The topological polar surface area (TPSA) is 38.2 Å². The molecule has 0 fully saturated rings. The summed E-state index contributed by atoms with van der Waals surface area (Å²) >= 11 is 13.3. The zero-order valence-corrected chi connectivity index (χ0v) is 13.6. The van der Waals surface area contributed by atoms with Crippen molar-refractivity contribution in [2.24, 2.45) is 0 Å². The van der Waals surface area contributed by atoms with Crippen LogP contribution in [0.2, 0.25) is 10.0 Å². The van der Waals surface area contributed by atoms with E-state index >= 15 is 0 Å². The molecule has 0 aliphatic heterocycles. The fraction of sp³-hybridized carbons (Fsp3) is 0.385. The Kier molecular flexibility index (Phi) is 5.60. The molecule has 0 saturated carbocycles. The van der Waals surface area contributed by atoms with Gasteiger partial charge in [-0.25, -0.2) is 4.98 Å². The van der Waals surface area contributed by atoms with Crippen LogP contribution < -0.4 is 4.90 Å². The molecule has 2 rings (SSSR count). The number of ether oxygens (including phenoxy) is 1. The van der Waals surface area contributed by atoms with E-state index in [1.165, 1.54) is 11.5 Å². The van der Waals surface area contributed by atoms with Gasteiger partial charge in [0.2, 0.25) is 5.13 Å². The molecule has 0 spiro atoms. The molecular weight excluding hydrogens is 317 g/mol. The van der Waals surface area contributed by atoms with Crippen molar-refractivity contribution in [3.63, 3.8) is 0 Å². The van der Waals surface area contributed by atoms with E-state index in [0.717, 1.165) is 22.9 Å². The molecule has 4 nitrogen and oxygen atoms in total. The predicted octanol–water partition coefficient (Wildman–Crippen LogP) is 3.67. The van der Waals surface area contributed by atoms with E-state index in [9.17, 15) is 0 Å². The first kappa shape index (κ1) is 15.5. The Morgan fingerprint density at radius 2 is 2.10 bits per heavy atom. The highest BCUT2D eigenvalue weighted by Crippen LogP contribution is 2.24. The van der Waals surface area contributed by atoms with Gasteiger partial charge in [-0.05, 0) is 17.7 Å². The number of halogens is 2. The second kappa shape index (κ2) is 7.22. The van der Waals surface area contributed by atoms with Gasteiger partial charge in [0, 0.05) is 38.7 Å². The van der Waals surface area contributed by atoms with Gasteiger partial charge in [-0.1, -0.05) is 29.3 Å². The highest BCUT2D eigenvalue weighted by atomic mass is 35.5. The molecule has 1 aromatic heterocycles. The largest absolute Gasteiger partial charge is 0.384 e. The van der Waals surface area contributed by atoms with E-state index in [1.807, 2.05) is 24.1 Å². The van der Waals surface area contributed by atoms with Crippen LogP contribution in [0.4, 0.5) is 5.13 Å². The minimum Gasteiger partial charge on any atom is -0.384 e. The van der Waals surface area contributed by atoms with Crippen molar-refractivity contribution in [3.05, 3.63) is 39.6 Å². The summed E-state index contributed by atoms with van der Waals surface area (Å²) in [5.74, 6) is 0.813. The molecule has 20 heavy (non-hydrogen) atoms. The van der Waals surface area contributed by atoms with Crippen molar-refractivity contribution in [1.82, 2.24) is 9.36 Å².